The molecule has 1 heterocycles. The van der Waals surface area contributed by atoms with Gasteiger partial charge in [0.25, 0.3) is 5.69 Å². The number of carbonyl (C=O) groups is 1. The van der Waals surface area contributed by atoms with Crippen LogP contribution in [0.1, 0.15) is 15.9 Å². The SMILES string of the molecule is COC(=O)c1ccc2c(c1)C[C@H](Nc1ccccc1[N+](=O)[O-])CO2. The first-order valence-electron chi connectivity index (χ1n) is 7.42. The van der Waals surface area contributed by atoms with Crippen LogP contribution in [-0.2, 0) is 11.2 Å². The van der Waals surface area contributed by atoms with Gasteiger partial charge in [-0.1, -0.05) is 12.1 Å². The molecule has 1 atom stereocenters. The summed E-state index contributed by atoms with van der Waals surface area (Å²) in [4.78, 5) is 22.3. The Labute approximate surface area is 138 Å². The summed E-state index contributed by atoms with van der Waals surface area (Å²) in [6, 6.07) is 11.5. The van der Waals surface area contributed by atoms with E-state index in [4.69, 9.17) is 9.47 Å². The van der Waals surface area contributed by atoms with E-state index in [1.165, 1.54) is 13.2 Å². The molecular formula is C17H16N2O5. The second-order valence-corrected chi connectivity index (χ2v) is 5.44. The number of carbonyl (C=O) groups excluding carboxylic acids is 1. The number of fused-ring (bicyclic) bond motifs is 1. The maximum absolute atomic E-state index is 11.6. The van der Waals surface area contributed by atoms with E-state index in [0.717, 1.165) is 5.56 Å². The largest absolute Gasteiger partial charge is 0.491 e. The van der Waals surface area contributed by atoms with Crippen LogP contribution in [0.2, 0.25) is 0 Å². The van der Waals surface area contributed by atoms with Gasteiger partial charge in [0.15, 0.2) is 0 Å². The predicted molar refractivity (Wildman–Crippen MR) is 87.5 cm³/mol. The van der Waals surface area contributed by atoms with Gasteiger partial charge >= 0.3 is 5.97 Å². The number of hydrogen-bond donors (Lipinski definition) is 1. The highest BCUT2D eigenvalue weighted by atomic mass is 16.6. The molecule has 124 valence electrons. The molecule has 1 aliphatic heterocycles. The number of methoxy groups -OCH3 is 1. The zero-order valence-corrected chi connectivity index (χ0v) is 13.0. The molecule has 0 radical (unpaired) electrons. The summed E-state index contributed by atoms with van der Waals surface area (Å²) in [5.74, 6) is 0.301. The van der Waals surface area contributed by atoms with E-state index < -0.39 is 10.9 Å². The van der Waals surface area contributed by atoms with Gasteiger partial charge in [0.1, 0.15) is 18.0 Å². The highest BCUT2D eigenvalue weighted by molar-refractivity contribution is 5.89. The van der Waals surface area contributed by atoms with Crippen molar-refractivity contribution in [2.45, 2.75) is 12.5 Å². The quantitative estimate of drug-likeness (QED) is 0.527. The third-order valence-corrected chi connectivity index (χ3v) is 3.85. The predicted octanol–water partition coefficient (Wildman–Crippen LogP) is 2.80. The van der Waals surface area contributed by atoms with E-state index in [-0.39, 0.29) is 11.7 Å². The van der Waals surface area contributed by atoms with Crippen molar-refractivity contribution in [1.82, 2.24) is 0 Å². The summed E-state index contributed by atoms with van der Waals surface area (Å²) in [5.41, 5.74) is 1.78. The standard InChI is InChI=1S/C17H16N2O5/c1-23-17(20)11-6-7-16-12(8-11)9-13(10-24-16)18-14-4-2-3-5-15(14)19(21)22/h2-8,13,18H,9-10H2,1H3/t13-/m0/s1. The van der Waals surface area contributed by atoms with Gasteiger partial charge in [-0.15, -0.1) is 0 Å². The minimum Gasteiger partial charge on any atom is -0.491 e. The van der Waals surface area contributed by atoms with Gasteiger partial charge in [-0.3, -0.25) is 10.1 Å². The van der Waals surface area contributed by atoms with Crippen molar-refractivity contribution in [3.8, 4) is 5.75 Å². The summed E-state index contributed by atoms with van der Waals surface area (Å²) in [5, 5.41) is 14.2. The van der Waals surface area contributed by atoms with Crippen LogP contribution in [0.5, 0.6) is 5.75 Å². The Morgan fingerprint density at radius 2 is 2.12 bits per heavy atom. The number of esters is 1. The molecule has 0 fully saturated rings. The lowest BCUT2D eigenvalue weighted by Crippen LogP contribution is -2.33. The molecule has 0 aromatic heterocycles. The molecule has 2 aromatic rings. The Morgan fingerprint density at radius 3 is 2.88 bits per heavy atom. The van der Waals surface area contributed by atoms with Gasteiger partial charge in [-0.05, 0) is 36.2 Å². The number of para-hydroxylation sites is 2. The first kappa shape index (κ1) is 15.8. The van der Waals surface area contributed by atoms with E-state index in [9.17, 15) is 14.9 Å². The Balaban J connectivity index is 1.80. The van der Waals surface area contributed by atoms with Crippen molar-refractivity contribution in [3.05, 3.63) is 63.7 Å². The molecule has 7 heteroatoms. The molecular weight excluding hydrogens is 312 g/mol. The lowest BCUT2D eigenvalue weighted by molar-refractivity contribution is -0.384. The number of nitrogens with zero attached hydrogens (tertiary/aromatic N) is 1. The second-order valence-electron chi connectivity index (χ2n) is 5.44. The molecule has 3 rings (SSSR count). The molecule has 0 saturated carbocycles. The van der Waals surface area contributed by atoms with E-state index >= 15 is 0 Å². The van der Waals surface area contributed by atoms with Crippen molar-refractivity contribution in [1.29, 1.82) is 0 Å². The second kappa shape index (κ2) is 6.57. The van der Waals surface area contributed by atoms with E-state index in [0.29, 0.717) is 30.0 Å². The van der Waals surface area contributed by atoms with E-state index in [2.05, 4.69) is 5.32 Å². The highest BCUT2D eigenvalue weighted by Crippen LogP contribution is 2.29. The van der Waals surface area contributed by atoms with Crippen LogP contribution < -0.4 is 10.1 Å². The number of hydrogen-bond acceptors (Lipinski definition) is 6. The normalized spacial score (nSPS) is 15.8. The average molecular weight is 328 g/mol. The van der Waals surface area contributed by atoms with Gasteiger partial charge in [-0.25, -0.2) is 4.79 Å². The molecule has 2 aromatic carbocycles. The first-order valence-corrected chi connectivity index (χ1v) is 7.42. The number of nitro benzene ring substituents is 1. The Hall–Kier alpha value is -3.09. The lowest BCUT2D eigenvalue weighted by atomic mass is 10.00. The Bertz CT molecular complexity index is 790. The van der Waals surface area contributed by atoms with Gasteiger partial charge in [0, 0.05) is 6.07 Å². The molecule has 24 heavy (non-hydrogen) atoms. The van der Waals surface area contributed by atoms with E-state index in [1.807, 2.05) is 0 Å². The Morgan fingerprint density at radius 1 is 1.33 bits per heavy atom. The number of nitrogens with one attached hydrogen (secondary N) is 1. The van der Waals surface area contributed by atoms with E-state index in [1.54, 1.807) is 36.4 Å². The number of ether oxygens (including phenoxy) is 2. The highest BCUT2D eigenvalue weighted by Gasteiger charge is 2.23. The number of rotatable bonds is 4. The fourth-order valence-electron chi connectivity index (χ4n) is 2.71. The maximum Gasteiger partial charge on any atom is 0.337 e. The van der Waals surface area contributed by atoms with Gasteiger partial charge < -0.3 is 14.8 Å². The summed E-state index contributed by atoms with van der Waals surface area (Å²) in [6.45, 7) is 0.386. The van der Waals surface area contributed by atoms with Crippen LogP contribution in [0.25, 0.3) is 0 Å². The van der Waals surface area contributed by atoms with Crippen LogP contribution in [-0.4, -0.2) is 30.7 Å². The lowest BCUT2D eigenvalue weighted by Gasteiger charge is -2.27. The number of anilines is 1. The third kappa shape index (κ3) is 3.15. The molecule has 0 spiro atoms. The third-order valence-electron chi connectivity index (χ3n) is 3.85. The van der Waals surface area contributed by atoms with Gasteiger partial charge in [0.2, 0.25) is 0 Å². The van der Waals surface area contributed by atoms with Gasteiger partial charge in [-0.2, -0.15) is 0 Å². The van der Waals surface area contributed by atoms with Crippen LogP contribution in [0.15, 0.2) is 42.5 Å². The van der Waals surface area contributed by atoms with Gasteiger partial charge in [0.05, 0.1) is 23.6 Å². The Kier molecular flexibility index (Phi) is 4.33. The van der Waals surface area contributed by atoms with Crippen molar-refractivity contribution >= 4 is 17.3 Å². The summed E-state index contributed by atoms with van der Waals surface area (Å²) in [7, 11) is 1.33. The average Bonchev–Trinajstić information content (AvgIpc) is 2.60. The van der Waals surface area contributed by atoms with Crippen molar-refractivity contribution in [3.63, 3.8) is 0 Å². The molecule has 0 amide bonds. The van der Waals surface area contributed by atoms with Crippen LogP contribution >= 0.6 is 0 Å². The number of nitro groups is 1. The fraction of sp³-hybridized carbons (Fsp3) is 0.235. The van der Waals surface area contributed by atoms with Crippen LogP contribution in [0.3, 0.4) is 0 Å². The minimum absolute atomic E-state index is 0.0200. The van der Waals surface area contributed by atoms with Crippen molar-refractivity contribution < 1.29 is 19.2 Å². The van der Waals surface area contributed by atoms with Crippen molar-refractivity contribution in [2.24, 2.45) is 0 Å². The van der Waals surface area contributed by atoms with Crippen LogP contribution in [0.4, 0.5) is 11.4 Å². The first-order chi connectivity index (χ1) is 11.6. The summed E-state index contributed by atoms with van der Waals surface area (Å²) in [6.07, 6.45) is 0.590. The maximum atomic E-state index is 11.6. The number of benzene rings is 2. The fourth-order valence-corrected chi connectivity index (χ4v) is 2.71. The van der Waals surface area contributed by atoms with Crippen LogP contribution in [0, 0.1) is 10.1 Å². The summed E-state index contributed by atoms with van der Waals surface area (Å²) < 4.78 is 10.4. The minimum atomic E-state index is -0.421. The molecule has 0 bridgehead atoms. The molecule has 0 unspecified atom stereocenters. The molecule has 0 saturated heterocycles. The topological polar surface area (TPSA) is 90.7 Å². The monoisotopic (exact) mass is 328 g/mol. The molecule has 1 aliphatic rings. The molecule has 7 nitrogen and oxygen atoms in total. The van der Waals surface area contributed by atoms with Crippen molar-refractivity contribution in [2.75, 3.05) is 19.0 Å². The zero-order valence-electron chi connectivity index (χ0n) is 13.0. The molecule has 0 aliphatic carbocycles. The summed E-state index contributed by atoms with van der Waals surface area (Å²) >= 11 is 0. The molecule has 1 N–H and O–H groups in total. The smallest absolute Gasteiger partial charge is 0.337 e. The zero-order chi connectivity index (χ0) is 17.1.